The lowest BCUT2D eigenvalue weighted by molar-refractivity contribution is -0.130. The van der Waals surface area contributed by atoms with Crippen molar-refractivity contribution in [2.45, 2.75) is 20.0 Å². The van der Waals surface area contributed by atoms with Crippen molar-refractivity contribution in [3.05, 3.63) is 7.66 Å². The highest BCUT2D eigenvalue weighted by molar-refractivity contribution is 14.2. The van der Waals surface area contributed by atoms with E-state index in [-0.39, 0.29) is 11.5 Å². The highest BCUT2D eigenvalue weighted by Gasteiger charge is 2.58. The van der Waals surface area contributed by atoms with Crippen LogP contribution in [-0.2, 0) is 9.53 Å². The summed E-state index contributed by atoms with van der Waals surface area (Å²) in [6, 6.07) is 0. The minimum atomic E-state index is 0.0783. The van der Waals surface area contributed by atoms with E-state index in [2.05, 4.69) is 65.1 Å². The van der Waals surface area contributed by atoms with Crippen molar-refractivity contribution in [1.82, 2.24) is 0 Å². The second-order valence-corrected chi connectivity index (χ2v) is 7.84. The van der Waals surface area contributed by atoms with Gasteiger partial charge in [0.05, 0.1) is 0 Å². The van der Waals surface area contributed by atoms with E-state index in [1.165, 1.54) is 1.59 Å². The summed E-state index contributed by atoms with van der Waals surface area (Å²) >= 11 is 4.51. The maximum Gasteiger partial charge on any atom is 0.293 e. The van der Waals surface area contributed by atoms with Gasteiger partial charge in [-0.25, -0.2) is 0 Å². The Hall–Kier alpha value is 0.670. The van der Waals surface area contributed by atoms with Crippen LogP contribution >= 0.6 is 45.2 Å². The highest BCUT2D eigenvalue weighted by Crippen LogP contribution is 2.55. The lowest BCUT2D eigenvalue weighted by Crippen LogP contribution is -1.98. The molecule has 0 bridgehead atoms. The molecule has 0 aliphatic heterocycles. The van der Waals surface area contributed by atoms with Crippen molar-refractivity contribution >= 4 is 51.7 Å². The SMILES string of the molecule is CC1(C)C(C=C(I)I)C1OC=O. The Morgan fingerprint density at radius 1 is 1.50 bits per heavy atom. The maximum absolute atomic E-state index is 10.1. The van der Waals surface area contributed by atoms with E-state index < -0.39 is 0 Å². The number of ether oxygens (including phenoxy) is 1. The Morgan fingerprint density at radius 2 is 2.08 bits per heavy atom. The fourth-order valence-electron chi connectivity index (χ4n) is 1.39. The van der Waals surface area contributed by atoms with Crippen molar-refractivity contribution < 1.29 is 9.53 Å². The summed E-state index contributed by atoms with van der Waals surface area (Å²) < 4.78 is 6.17. The van der Waals surface area contributed by atoms with E-state index in [0.29, 0.717) is 12.4 Å². The highest BCUT2D eigenvalue weighted by atomic mass is 127. The molecule has 2 atom stereocenters. The fraction of sp³-hybridized carbons (Fsp3) is 0.625. The number of hydrogen-bond acceptors (Lipinski definition) is 2. The van der Waals surface area contributed by atoms with Crippen LogP contribution in [0.5, 0.6) is 0 Å². The summed E-state index contributed by atoms with van der Waals surface area (Å²) in [5.74, 6) is 0.395. The Morgan fingerprint density at radius 3 is 2.50 bits per heavy atom. The maximum atomic E-state index is 10.1. The van der Waals surface area contributed by atoms with Gasteiger partial charge in [0.1, 0.15) is 6.10 Å². The topological polar surface area (TPSA) is 26.3 Å². The van der Waals surface area contributed by atoms with Crippen molar-refractivity contribution in [1.29, 1.82) is 0 Å². The molecule has 0 saturated heterocycles. The zero-order chi connectivity index (χ0) is 9.35. The number of hydrogen-bond donors (Lipinski definition) is 0. The standard InChI is InChI=1S/C8H10I2O2/c1-8(2)5(3-6(9)10)7(8)12-4-11/h3-5,7H,1-2H3. The van der Waals surface area contributed by atoms with Crippen LogP contribution < -0.4 is 0 Å². The lowest BCUT2D eigenvalue weighted by Gasteiger charge is -1.97. The molecule has 0 aromatic heterocycles. The Bertz CT molecular complexity index is 219. The lowest BCUT2D eigenvalue weighted by atomic mass is 10.1. The quantitative estimate of drug-likeness (QED) is 0.546. The summed E-state index contributed by atoms with van der Waals surface area (Å²) in [7, 11) is 0. The van der Waals surface area contributed by atoms with E-state index in [1.807, 2.05) is 0 Å². The van der Waals surface area contributed by atoms with E-state index in [1.54, 1.807) is 0 Å². The van der Waals surface area contributed by atoms with Gasteiger partial charge < -0.3 is 4.74 Å². The van der Waals surface area contributed by atoms with Crippen molar-refractivity contribution in [3.8, 4) is 0 Å². The van der Waals surface area contributed by atoms with Gasteiger partial charge in [-0.05, 0) is 45.2 Å². The summed E-state index contributed by atoms with van der Waals surface area (Å²) in [5.41, 5.74) is 0.127. The van der Waals surface area contributed by atoms with Gasteiger partial charge >= 0.3 is 0 Å². The van der Waals surface area contributed by atoms with Crippen LogP contribution in [0.25, 0.3) is 0 Å². The molecule has 0 aromatic rings. The number of rotatable bonds is 3. The van der Waals surface area contributed by atoms with E-state index in [4.69, 9.17) is 4.74 Å². The molecular weight excluding hydrogens is 382 g/mol. The first-order valence-electron chi connectivity index (χ1n) is 3.62. The van der Waals surface area contributed by atoms with Crippen LogP contribution in [0.2, 0.25) is 0 Å². The molecule has 0 N–H and O–H groups in total. The van der Waals surface area contributed by atoms with Crippen molar-refractivity contribution in [2.75, 3.05) is 0 Å². The second-order valence-electron chi connectivity index (χ2n) is 3.46. The largest absolute Gasteiger partial charge is 0.463 e. The first kappa shape index (κ1) is 10.7. The van der Waals surface area contributed by atoms with Crippen LogP contribution in [0.1, 0.15) is 13.8 Å². The summed E-state index contributed by atoms with van der Waals surface area (Å²) in [6.45, 7) is 4.76. The van der Waals surface area contributed by atoms with Gasteiger partial charge in [-0.1, -0.05) is 19.9 Å². The third-order valence-electron chi connectivity index (χ3n) is 2.32. The molecule has 2 nitrogen and oxygen atoms in total. The first-order valence-corrected chi connectivity index (χ1v) is 5.78. The smallest absolute Gasteiger partial charge is 0.293 e. The third-order valence-corrected chi connectivity index (χ3v) is 3.04. The van der Waals surface area contributed by atoms with Crippen LogP contribution in [-0.4, -0.2) is 12.6 Å². The molecule has 4 heteroatoms. The molecule has 1 saturated carbocycles. The minimum absolute atomic E-state index is 0.0783. The van der Waals surface area contributed by atoms with E-state index in [9.17, 15) is 4.79 Å². The molecule has 0 radical (unpaired) electrons. The number of carbonyl (C=O) groups excluding carboxylic acids is 1. The van der Waals surface area contributed by atoms with Gasteiger partial charge in [0.25, 0.3) is 6.47 Å². The third kappa shape index (κ3) is 2.12. The van der Waals surface area contributed by atoms with Gasteiger partial charge in [0.2, 0.25) is 0 Å². The Labute approximate surface area is 99.4 Å². The molecule has 1 aliphatic carbocycles. The number of carbonyl (C=O) groups is 1. The van der Waals surface area contributed by atoms with Crippen molar-refractivity contribution in [3.63, 3.8) is 0 Å². The van der Waals surface area contributed by atoms with Crippen LogP contribution in [0.15, 0.2) is 7.66 Å². The minimum Gasteiger partial charge on any atom is -0.463 e. The van der Waals surface area contributed by atoms with Crippen LogP contribution in [0.3, 0.4) is 0 Å². The molecular formula is C8H10I2O2. The molecule has 68 valence electrons. The predicted molar refractivity (Wildman–Crippen MR) is 64.3 cm³/mol. The molecule has 1 rings (SSSR count). The molecule has 0 aromatic carbocycles. The monoisotopic (exact) mass is 392 g/mol. The second kappa shape index (κ2) is 3.81. The molecule has 0 heterocycles. The van der Waals surface area contributed by atoms with Gasteiger partial charge in [0.15, 0.2) is 0 Å². The van der Waals surface area contributed by atoms with Crippen LogP contribution in [0.4, 0.5) is 0 Å². The van der Waals surface area contributed by atoms with Gasteiger partial charge in [-0.2, -0.15) is 0 Å². The molecule has 12 heavy (non-hydrogen) atoms. The molecule has 0 spiro atoms. The Balaban J connectivity index is 2.60. The summed E-state index contributed by atoms with van der Waals surface area (Å²) in [5, 5.41) is 0. The molecule has 2 unspecified atom stereocenters. The summed E-state index contributed by atoms with van der Waals surface area (Å²) in [4.78, 5) is 10.1. The molecule has 1 fully saturated rings. The zero-order valence-electron chi connectivity index (χ0n) is 6.88. The summed E-state index contributed by atoms with van der Waals surface area (Å²) in [6.07, 6.45) is 2.23. The van der Waals surface area contributed by atoms with Gasteiger partial charge in [-0.3, -0.25) is 4.79 Å². The predicted octanol–water partition coefficient (Wildman–Crippen LogP) is 2.90. The fourth-order valence-corrected chi connectivity index (χ4v) is 2.16. The van der Waals surface area contributed by atoms with Gasteiger partial charge in [-0.15, -0.1) is 0 Å². The average molecular weight is 392 g/mol. The molecule has 1 aliphatic rings. The first-order chi connectivity index (χ1) is 5.50. The van der Waals surface area contributed by atoms with E-state index >= 15 is 0 Å². The number of halogens is 2. The van der Waals surface area contributed by atoms with Crippen LogP contribution in [0, 0.1) is 11.3 Å². The van der Waals surface area contributed by atoms with Crippen molar-refractivity contribution in [2.24, 2.45) is 11.3 Å². The van der Waals surface area contributed by atoms with Gasteiger partial charge in [0, 0.05) is 12.9 Å². The average Bonchev–Trinajstić information content (AvgIpc) is 2.39. The molecule has 0 amide bonds. The normalized spacial score (nSPS) is 30.7. The Kier molecular flexibility index (Phi) is 3.41. The zero-order valence-corrected chi connectivity index (χ0v) is 11.2. The van der Waals surface area contributed by atoms with E-state index in [0.717, 1.165) is 0 Å².